The number of carbonyl (C=O) groups is 1. The summed E-state index contributed by atoms with van der Waals surface area (Å²) in [5, 5.41) is 9.17. The van der Waals surface area contributed by atoms with Crippen molar-refractivity contribution >= 4 is 5.97 Å². The van der Waals surface area contributed by atoms with Gasteiger partial charge in [-0.3, -0.25) is 4.79 Å². The maximum Gasteiger partial charge on any atom is 0.307 e. The second-order valence-electron chi connectivity index (χ2n) is 4.84. The number of aliphatic carboxylic acids is 1. The van der Waals surface area contributed by atoms with Gasteiger partial charge in [0.25, 0.3) is 0 Å². The fourth-order valence-corrected chi connectivity index (χ4v) is 3.03. The predicted octanol–water partition coefficient (Wildman–Crippen LogP) is 2.06. The van der Waals surface area contributed by atoms with Gasteiger partial charge in [-0.05, 0) is 12.5 Å². The molecule has 1 fully saturated rings. The van der Waals surface area contributed by atoms with E-state index >= 15 is 0 Å². The van der Waals surface area contributed by atoms with Crippen molar-refractivity contribution in [2.75, 3.05) is 6.61 Å². The molecule has 3 nitrogen and oxygen atoms in total. The second kappa shape index (κ2) is 3.00. The van der Waals surface area contributed by atoms with Gasteiger partial charge < -0.3 is 9.84 Å². The zero-order valence-corrected chi connectivity index (χ0v) is 9.14. The fraction of sp³-hybridized carbons (Fsp3) is 0.462. The quantitative estimate of drug-likeness (QED) is 0.784. The molecule has 1 spiro atoms. The van der Waals surface area contributed by atoms with Crippen LogP contribution in [0.1, 0.15) is 18.9 Å². The van der Waals surface area contributed by atoms with Gasteiger partial charge in [0.2, 0.25) is 0 Å². The van der Waals surface area contributed by atoms with E-state index < -0.39 is 5.97 Å². The van der Waals surface area contributed by atoms with Crippen LogP contribution in [0.15, 0.2) is 24.3 Å². The van der Waals surface area contributed by atoms with Crippen LogP contribution >= 0.6 is 0 Å². The topological polar surface area (TPSA) is 46.5 Å². The molecular formula is C13H14O3. The monoisotopic (exact) mass is 218 g/mol. The first-order chi connectivity index (χ1) is 7.66. The maximum atomic E-state index is 11.1. The summed E-state index contributed by atoms with van der Waals surface area (Å²) >= 11 is 0. The van der Waals surface area contributed by atoms with Gasteiger partial charge in [0.05, 0.1) is 12.5 Å². The summed E-state index contributed by atoms with van der Waals surface area (Å²) in [6.07, 6.45) is 0.754. The molecule has 3 atom stereocenters. The summed E-state index contributed by atoms with van der Waals surface area (Å²) in [6, 6.07) is 7.83. The van der Waals surface area contributed by atoms with Crippen LogP contribution in [0.25, 0.3) is 0 Å². The van der Waals surface area contributed by atoms with E-state index in [0.717, 1.165) is 17.7 Å². The van der Waals surface area contributed by atoms with Crippen LogP contribution in [0.2, 0.25) is 0 Å². The first kappa shape index (κ1) is 9.70. The molecule has 2 aliphatic rings. The Morgan fingerprint density at radius 3 is 2.94 bits per heavy atom. The van der Waals surface area contributed by atoms with E-state index in [1.54, 1.807) is 0 Å². The highest BCUT2D eigenvalue weighted by atomic mass is 16.5. The van der Waals surface area contributed by atoms with E-state index in [4.69, 9.17) is 4.74 Å². The Balaban J connectivity index is 2.09. The number of carboxylic acid groups (broad SMARTS) is 1. The van der Waals surface area contributed by atoms with Gasteiger partial charge in [-0.15, -0.1) is 0 Å². The number of benzene rings is 1. The number of hydrogen-bond donors (Lipinski definition) is 1. The number of ether oxygens (including phenoxy) is 1. The summed E-state index contributed by atoms with van der Waals surface area (Å²) in [5.41, 5.74) is 0.918. The van der Waals surface area contributed by atoms with E-state index in [0.29, 0.717) is 6.61 Å². The third-order valence-electron chi connectivity index (χ3n) is 4.06. The van der Waals surface area contributed by atoms with E-state index in [9.17, 15) is 9.90 Å². The Bertz CT molecular complexity index is 454. The van der Waals surface area contributed by atoms with Crippen LogP contribution in [0.3, 0.4) is 0 Å². The zero-order chi connectivity index (χ0) is 11.3. The lowest BCUT2D eigenvalue weighted by Gasteiger charge is -2.32. The number of fused-ring (bicyclic) bond motifs is 2. The van der Waals surface area contributed by atoms with E-state index in [-0.39, 0.29) is 17.3 Å². The molecule has 1 N–H and O–H groups in total. The van der Waals surface area contributed by atoms with Gasteiger partial charge in [-0.2, -0.15) is 0 Å². The van der Waals surface area contributed by atoms with Gasteiger partial charge in [-0.1, -0.05) is 25.1 Å². The lowest BCUT2D eigenvalue weighted by Crippen LogP contribution is -2.32. The molecule has 0 saturated heterocycles. The Hall–Kier alpha value is -1.51. The smallest absolute Gasteiger partial charge is 0.307 e. The predicted molar refractivity (Wildman–Crippen MR) is 58.5 cm³/mol. The molecule has 3 unspecified atom stereocenters. The summed E-state index contributed by atoms with van der Waals surface area (Å²) in [7, 11) is 0. The molecule has 16 heavy (non-hydrogen) atoms. The Kier molecular flexibility index (Phi) is 1.82. The van der Waals surface area contributed by atoms with E-state index in [2.05, 4.69) is 6.92 Å². The Morgan fingerprint density at radius 2 is 2.25 bits per heavy atom. The van der Waals surface area contributed by atoms with Crippen LogP contribution in [0.5, 0.6) is 5.75 Å². The molecule has 1 aliphatic heterocycles. The number of carboxylic acids is 1. The van der Waals surface area contributed by atoms with Crippen LogP contribution in [-0.4, -0.2) is 17.7 Å². The highest BCUT2D eigenvalue weighted by Crippen LogP contribution is 2.62. The van der Waals surface area contributed by atoms with Crippen molar-refractivity contribution in [1.82, 2.24) is 0 Å². The average Bonchev–Trinajstić information content (AvgIpc) is 3.01. The third-order valence-corrected chi connectivity index (χ3v) is 4.06. The minimum Gasteiger partial charge on any atom is -0.493 e. The van der Waals surface area contributed by atoms with Gasteiger partial charge >= 0.3 is 5.97 Å². The van der Waals surface area contributed by atoms with Crippen LogP contribution in [-0.2, 0) is 10.2 Å². The standard InChI is InChI=1S/C13H14O3/c1-8-7-16-11-5-3-2-4-9(11)13(8)6-10(13)12(14)15/h2-5,8,10H,6-7H2,1H3,(H,14,15). The highest BCUT2D eigenvalue weighted by Gasteiger charge is 2.64. The Morgan fingerprint density at radius 1 is 1.50 bits per heavy atom. The molecule has 1 heterocycles. The normalized spacial score (nSPS) is 35.3. The molecule has 3 heteroatoms. The van der Waals surface area contributed by atoms with E-state index in [1.165, 1.54) is 0 Å². The fourth-order valence-electron chi connectivity index (χ4n) is 3.03. The van der Waals surface area contributed by atoms with Crippen molar-refractivity contribution in [1.29, 1.82) is 0 Å². The molecule has 1 aromatic carbocycles. The SMILES string of the molecule is CC1COc2ccccc2C12CC2C(=O)O. The average molecular weight is 218 g/mol. The summed E-state index contributed by atoms with van der Waals surface area (Å²) in [6.45, 7) is 2.71. The van der Waals surface area contributed by atoms with Crippen LogP contribution in [0, 0.1) is 11.8 Å². The summed E-state index contributed by atoms with van der Waals surface area (Å²) < 4.78 is 5.65. The molecule has 0 amide bonds. The molecule has 1 aliphatic carbocycles. The number of para-hydroxylation sites is 1. The molecule has 84 valence electrons. The number of hydrogen-bond acceptors (Lipinski definition) is 2. The largest absolute Gasteiger partial charge is 0.493 e. The second-order valence-corrected chi connectivity index (χ2v) is 4.84. The molecule has 0 bridgehead atoms. The maximum absolute atomic E-state index is 11.1. The summed E-state index contributed by atoms with van der Waals surface area (Å²) in [4.78, 5) is 11.1. The minimum absolute atomic E-state index is 0.166. The van der Waals surface area contributed by atoms with Gasteiger partial charge in [-0.25, -0.2) is 0 Å². The van der Waals surface area contributed by atoms with Crippen molar-refractivity contribution in [2.24, 2.45) is 11.8 Å². The molecule has 0 aromatic heterocycles. The first-order valence-corrected chi connectivity index (χ1v) is 5.61. The van der Waals surface area contributed by atoms with Crippen molar-refractivity contribution in [2.45, 2.75) is 18.8 Å². The lowest BCUT2D eigenvalue weighted by atomic mass is 9.80. The van der Waals surface area contributed by atoms with Crippen LogP contribution < -0.4 is 4.74 Å². The van der Waals surface area contributed by atoms with Gasteiger partial charge in [0, 0.05) is 16.9 Å². The molecule has 1 aromatic rings. The summed E-state index contributed by atoms with van der Waals surface area (Å²) in [5.74, 6) is 0.240. The minimum atomic E-state index is -0.677. The van der Waals surface area contributed by atoms with E-state index in [1.807, 2.05) is 24.3 Å². The van der Waals surface area contributed by atoms with Crippen molar-refractivity contribution in [3.8, 4) is 5.75 Å². The molecule has 1 saturated carbocycles. The van der Waals surface area contributed by atoms with Crippen molar-refractivity contribution < 1.29 is 14.6 Å². The van der Waals surface area contributed by atoms with Gasteiger partial charge in [0.1, 0.15) is 5.75 Å². The lowest BCUT2D eigenvalue weighted by molar-refractivity contribution is -0.139. The van der Waals surface area contributed by atoms with Gasteiger partial charge in [0.15, 0.2) is 0 Å². The first-order valence-electron chi connectivity index (χ1n) is 5.61. The highest BCUT2D eigenvalue weighted by molar-refractivity contribution is 5.78. The van der Waals surface area contributed by atoms with Crippen LogP contribution in [0.4, 0.5) is 0 Å². The van der Waals surface area contributed by atoms with Crippen molar-refractivity contribution in [3.63, 3.8) is 0 Å². The number of rotatable bonds is 1. The zero-order valence-electron chi connectivity index (χ0n) is 9.14. The molecular weight excluding hydrogens is 204 g/mol. The molecule has 0 radical (unpaired) electrons. The Labute approximate surface area is 94.0 Å². The third kappa shape index (κ3) is 1.06. The van der Waals surface area contributed by atoms with Crippen molar-refractivity contribution in [3.05, 3.63) is 29.8 Å². The molecule has 3 rings (SSSR count).